The van der Waals surface area contributed by atoms with Gasteiger partial charge in [0.15, 0.2) is 0 Å². The molecule has 2 rings (SSSR count). The first-order valence-corrected chi connectivity index (χ1v) is 7.09. The van der Waals surface area contributed by atoms with Gasteiger partial charge in [0.05, 0.1) is 5.69 Å². The molecule has 0 aliphatic carbocycles. The number of carboxylic acids is 1. The molecule has 21 heavy (non-hydrogen) atoms. The predicted octanol–water partition coefficient (Wildman–Crippen LogP) is 1.04. The maximum absolute atomic E-state index is 12.2. The van der Waals surface area contributed by atoms with Crippen molar-refractivity contribution in [3.05, 3.63) is 17.0 Å². The fraction of sp³-hybridized carbons (Fsp3) is 0.643. The van der Waals surface area contributed by atoms with Crippen molar-refractivity contribution in [3.8, 4) is 0 Å². The van der Waals surface area contributed by atoms with Gasteiger partial charge in [-0.2, -0.15) is 5.10 Å². The summed E-state index contributed by atoms with van der Waals surface area (Å²) in [5.41, 5.74) is 2.85. The largest absolute Gasteiger partial charge is 0.480 e. The number of carbonyl (C=O) groups is 2. The van der Waals surface area contributed by atoms with Gasteiger partial charge >= 0.3 is 12.0 Å². The summed E-state index contributed by atoms with van der Waals surface area (Å²) in [4.78, 5) is 24.9. The van der Waals surface area contributed by atoms with Crippen molar-refractivity contribution in [2.45, 2.75) is 39.8 Å². The Morgan fingerprint density at radius 3 is 2.62 bits per heavy atom. The lowest BCUT2D eigenvalue weighted by Crippen LogP contribution is -2.47. The molecule has 0 radical (unpaired) electrons. The number of aryl methyl sites for hydroxylation is 2. The zero-order valence-corrected chi connectivity index (χ0v) is 12.9. The average Bonchev–Trinajstić information content (AvgIpc) is 2.89. The van der Waals surface area contributed by atoms with Gasteiger partial charge < -0.3 is 15.3 Å². The average molecular weight is 294 g/mol. The smallest absolute Gasteiger partial charge is 0.326 e. The Morgan fingerprint density at radius 2 is 2.10 bits per heavy atom. The summed E-state index contributed by atoms with van der Waals surface area (Å²) in [6, 6.07) is -1.06. The molecule has 1 aliphatic heterocycles. The SMILES string of the molecule is Cc1nn(C)c(C)c1CNC(=O)N1CCC(C)C1C(=O)O. The number of rotatable bonds is 3. The lowest BCUT2D eigenvalue weighted by molar-refractivity contribution is -0.142. The molecule has 0 bridgehead atoms. The molecule has 2 atom stereocenters. The number of amides is 2. The van der Waals surface area contributed by atoms with Gasteiger partial charge in [-0.25, -0.2) is 9.59 Å². The van der Waals surface area contributed by atoms with Gasteiger partial charge in [0.1, 0.15) is 6.04 Å². The minimum absolute atomic E-state index is 0.0184. The van der Waals surface area contributed by atoms with E-state index < -0.39 is 12.0 Å². The fourth-order valence-electron chi connectivity index (χ4n) is 2.89. The van der Waals surface area contributed by atoms with Crippen LogP contribution in [0.2, 0.25) is 0 Å². The van der Waals surface area contributed by atoms with E-state index in [0.717, 1.165) is 23.4 Å². The van der Waals surface area contributed by atoms with Crippen molar-refractivity contribution in [1.29, 1.82) is 0 Å². The minimum atomic E-state index is -0.941. The van der Waals surface area contributed by atoms with Gasteiger partial charge in [-0.15, -0.1) is 0 Å². The van der Waals surface area contributed by atoms with Crippen LogP contribution in [-0.2, 0) is 18.4 Å². The maximum Gasteiger partial charge on any atom is 0.326 e. The van der Waals surface area contributed by atoms with Crippen molar-refractivity contribution < 1.29 is 14.7 Å². The van der Waals surface area contributed by atoms with E-state index in [1.165, 1.54) is 4.90 Å². The van der Waals surface area contributed by atoms with Crippen LogP contribution in [0.25, 0.3) is 0 Å². The van der Waals surface area contributed by atoms with Crippen LogP contribution in [0.5, 0.6) is 0 Å². The second-order valence-corrected chi connectivity index (χ2v) is 5.67. The number of aliphatic carboxylic acids is 1. The van der Waals surface area contributed by atoms with Crippen LogP contribution in [0.4, 0.5) is 4.79 Å². The molecule has 2 amide bonds. The number of likely N-dealkylation sites (tertiary alicyclic amines) is 1. The van der Waals surface area contributed by atoms with E-state index >= 15 is 0 Å². The summed E-state index contributed by atoms with van der Waals surface area (Å²) in [6.45, 7) is 6.55. The third kappa shape index (κ3) is 2.86. The normalized spacial score (nSPS) is 21.6. The number of urea groups is 1. The number of carbonyl (C=O) groups excluding carboxylic acids is 1. The standard InChI is InChI=1S/C14H22N4O3/c1-8-5-6-18(12(8)13(19)20)14(21)15-7-11-9(2)16-17(4)10(11)3/h8,12H,5-7H2,1-4H3,(H,15,21)(H,19,20). The topological polar surface area (TPSA) is 87.5 Å². The molecule has 1 saturated heterocycles. The summed E-state index contributed by atoms with van der Waals surface area (Å²) in [5.74, 6) is -0.959. The summed E-state index contributed by atoms with van der Waals surface area (Å²) >= 11 is 0. The third-order valence-corrected chi connectivity index (χ3v) is 4.29. The number of hydrogen-bond donors (Lipinski definition) is 2. The molecular formula is C14H22N4O3. The highest BCUT2D eigenvalue weighted by molar-refractivity contribution is 5.83. The first-order valence-electron chi connectivity index (χ1n) is 7.09. The lowest BCUT2D eigenvalue weighted by atomic mass is 10.0. The van der Waals surface area contributed by atoms with Gasteiger partial charge in [-0.05, 0) is 26.2 Å². The van der Waals surface area contributed by atoms with Gasteiger partial charge in [0.25, 0.3) is 0 Å². The Balaban J connectivity index is 2.03. The molecule has 1 aliphatic rings. The van der Waals surface area contributed by atoms with E-state index in [-0.39, 0.29) is 11.9 Å². The van der Waals surface area contributed by atoms with Crippen LogP contribution in [0.1, 0.15) is 30.3 Å². The number of hydrogen-bond acceptors (Lipinski definition) is 3. The van der Waals surface area contributed by atoms with E-state index in [2.05, 4.69) is 10.4 Å². The first kappa shape index (κ1) is 15.3. The summed E-state index contributed by atoms with van der Waals surface area (Å²) in [5, 5.41) is 16.4. The Hall–Kier alpha value is -2.05. The highest BCUT2D eigenvalue weighted by atomic mass is 16.4. The van der Waals surface area contributed by atoms with Crippen LogP contribution in [-0.4, -0.2) is 44.4 Å². The Bertz CT molecular complexity index is 567. The molecule has 7 heteroatoms. The van der Waals surface area contributed by atoms with Crippen LogP contribution < -0.4 is 5.32 Å². The zero-order valence-electron chi connectivity index (χ0n) is 12.9. The maximum atomic E-state index is 12.2. The second kappa shape index (κ2) is 5.75. The van der Waals surface area contributed by atoms with Gasteiger partial charge in [0.2, 0.25) is 0 Å². The van der Waals surface area contributed by atoms with E-state index in [1.54, 1.807) is 4.68 Å². The summed E-state index contributed by atoms with van der Waals surface area (Å²) in [6.07, 6.45) is 0.718. The second-order valence-electron chi connectivity index (χ2n) is 5.67. The van der Waals surface area contributed by atoms with Gasteiger partial charge in [0, 0.05) is 31.4 Å². The minimum Gasteiger partial charge on any atom is -0.480 e. The van der Waals surface area contributed by atoms with Crippen LogP contribution in [0, 0.1) is 19.8 Å². The predicted molar refractivity (Wildman–Crippen MR) is 76.8 cm³/mol. The van der Waals surface area contributed by atoms with Crippen LogP contribution in [0.15, 0.2) is 0 Å². The van der Waals surface area contributed by atoms with Crippen molar-refractivity contribution >= 4 is 12.0 Å². The highest BCUT2D eigenvalue weighted by Crippen LogP contribution is 2.24. The molecule has 7 nitrogen and oxygen atoms in total. The molecule has 0 saturated carbocycles. The quantitative estimate of drug-likeness (QED) is 0.872. The first-order chi connectivity index (χ1) is 9.82. The zero-order chi connectivity index (χ0) is 15.7. The third-order valence-electron chi connectivity index (χ3n) is 4.29. The number of nitrogens with one attached hydrogen (secondary N) is 1. The fourth-order valence-corrected chi connectivity index (χ4v) is 2.89. The van der Waals surface area contributed by atoms with E-state index in [9.17, 15) is 14.7 Å². The molecule has 2 N–H and O–H groups in total. The molecule has 1 fully saturated rings. The molecule has 2 unspecified atom stereocenters. The Morgan fingerprint density at radius 1 is 1.43 bits per heavy atom. The lowest BCUT2D eigenvalue weighted by Gasteiger charge is -2.23. The molecule has 0 spiro atoms. The molecule has 2 heterocycles. The van der Waals surface area contributed by atoms with Gasteiger partial charge in [-0.1, -0.05) is 6.92 Å². The Labute approximate surface area is 123 Å². The summed E-state index contributed by atoms with van der Waals surface area (Å²) < 4.78 is 1.77. The molecule has 1 aromatic heterocycles. The van der Waals surface area contributed by atoms with Crippen LogP contribution in [0.3, 0.4) is 0 Å². The monoisotopic (exact) mass is 294 g/mol. The number of nitrogens with zero attached hydrogens (tertiary/aromatic N) is 3. The Kier molecular flexibility index (Phi) is 4.20. The van der Waals surface area contributed by atoms with Crippen molar-refractivity contribution in [1.82, 2.24) is 20.0 Å². The van der Waals surface area contributed by atoms with E-state index in [0.29, 0.717) is 13.1 Å². The van der Waals surface area contributed by atoms with Crippen molar-refractivity contribution in [2.75, 3.05) is 6.54 Å². The van der Waals surface area contributed by atoms with E-state index in [4.69, 9.17) is 0 Å². The number of aromatic nitrogens is 2. The van der Waals surface area contributed by atoms with Crippen LogP contribution >= 0.6 is 0 Å². The van der Waals surface area contributed by atoms with E-state index in [1.807, 2.05) is 27.8 Å². The molecule has 116 valence electrons. The summed E-state index contributed by atoms with van der Waals surface area (Å²) in [7, 11) is 1.86. The van der Waals surface area contributed by atoms with Gasteiger partial charge in [-0.3, -0.25) is 4.68 Å². The van der Waals surface area contributed by atoms with Crippen molar-refractivity contribution in [2.24, 2.45) is 13.0 Å². The molecular weight excluding hydrogens is 272 g/mol. The van der Waals surface area contributed by atoms with Crippen molar-refractivity contribution in [3.63, 3.8) is 0 Å². The highest BCUT2D eigenvalue weighted by Gasteiger charge is 2.39. The number of carboxylic acid groups (broad SMARTS) is 1. The molecule has 0 aromatic carbocycles. The molecule has 1 aromatic rings.